The van der Waals surface area contributed by atoms with Crippen LogP contribution in [0, 0.1) is 6.08 Å². The van der Waals surface area contributed by atoms with Crippen LogP contribution in [0.1, 0.15) is 39.5 Å². The maximum Gasteiger partial charge on any atom is 0.179 e. The maximum atomic E-state index is 5.40. The average Bonchev–Trinajstić information content (AvgIpc) is 2.41. The molecule has 0 N–H and O–H groups in total. The first kappa shape index (κ1) is 16.6. The molecule has 0 aliphatic rings. The molecular weight excluding hydrogens is 250 g/mol. The summed E-state index contributed by atoms with van der Waals surface area (Å²) in [4.78, 5) is 10.8. The van der Waals surface area contributed by atoms with Crippen molar-refractivity contribution < 1.29 is 9.78 Å². The molecule has 0 bridgehead atoms. The SMILES string of the molecule is CCC[C]=C(CCC)OOc1ccc([N+](C)(C)C)cc1. The zero-order chi connectivity index (χ0) is 15.0. The van der Waals surface area contributed by atoms with Crippen LogP contribution in [0.25, 0.3) is 0 Å². The van der Waals surface area contributed by atoms with Gasteiger partial charge < -0.3 is 0 Å². The number of benzene rings is 1. The third-order valence-electron chi connectivity index (χ3n) is 2.90. The van der Waals surface area contributed by atoms with Gasteiger partial charge in [0.2, 0.25) is 0 Å². The minimum absolute atomic E-state index is 0.717. The molecule has 0 atom stereocenters. The largest absolute Gasteiger partial charge is 0.298 e. The van der Waals surface area contributed by atoms with E-state index in [1.54, 1.807) is 0 Å². The van der Waals surface area contributed by atoms with Gasteiger partial charge in [-0.05, 0) is 25.0 Å². The van der Waals surface area contributed by atoms with Crippen molar-refractivity contribution in [3.63, 3.8) is 0 Å². The normalized spacial score (nSPS) is 12.3. The lowest BCUT2D eigenvalue weighted by Crippen LogP contribution is -2.34. The fraction of sp³-hybridized carbons (Fsp3) is 0.529. The summed E-state index contributed by atoms with van der Waals surface area (Å²) in [5.74, 6) is 1.51. The first-order valence-electron chi connectivity index (χ1n) is 7.33. The van der Waals surface area contributed by atoms with Crippen molar-refractivity contribution >= 4 is 5.69 Å². The third kappa shape index (κ3) is 5.66. The second-order valence-corrected chi connectivity index (χ2v) is 5.77. The molecule has 0 saturated heterocycles. The molecule has 0 saturated carbocycles. The van der Waals surface area contributed by atoms with Crippen LogP contribution in [0.5, 0.6) is 5.75 Å². The summed E-state index contributed by atoms with van der Waals surface area (Å²) in [5, 5.41) is 0. The molecule has 1 rings (SSSR count). The first-order chi connectivity index (χ1) is 9.47. The Morgan fingerprint density at radius 2 is 1.70 bits per heavy atom. The van der Waals surface area contributed by atoms with Crippen molar-refractivity contribution in [2.75, 3.05) is 21.1 Å². The van der Waals surface area contributed by atoms with Crippen LogP contribution in [0.4, 0.5) is 5.69 Å². The van der Waals surface area contributed by atoms with Crippen LogP contribution in [0.2, 0.25) is 0 Å². The summed E-state index contributed by atoms with van der Waals surface area (Å²) >= 11 is 0. The number of rotatable bonds is 8. The predicted molar refractivity (Wildman–Crippen MR) is 84.3 cm³/mol. The van der Waals surface area contributed by atoms with Crippen molar-refractivity contribution in [3.05, 3.63) is 36.1 Å². The zero-order valence-electron chi connectivity index (χ0n) is 13.4. The van der Waals surface area contributed by atoms with Gasteiger partial charge in [-0.25, -0.2) is 0 Å². The quantitative estimate of drug-likeness (QED) is 0.302. The van der Waals surface area contributed by atoms with Crippen molar-refractivity contribution in [1.29, 1.82) is 0 Å². The Morgan fingerprint density at radius 1 is 1.05 bits per heavy atom. The van der Waals surface area contributed by atoms with Gasteiger partial charge in [-0.2, -0.15) is 0 Å². The van der Waals surface area contributed by atoms with Crippen molar-refractivity contribution in [2.24, 2.45) is 0 Å². The Morgan fingerprint density at radius 3 is 2.20 bits per heavy atom. The lowest BCUT2D eigenvalue weighted by Gasteiger charge is -2.23. The molecule has 1 radical (unpaired) electrons. The predicted octanol–water partition coefficient (Wildman–Crippen LogP) is 4.48. The van der Waals surface area contributed by atoms with Gasteiger partial charge in [-0.1, -0.05) is 20.3 Å². The molecule has 1 aromatic carbocycles. The molecule has 0 fully saturated rings. The van der Waals surface area contributed by atoms with Crippen LogP contribution in [0.15, 0.2) is 30.0 Å². The molecule has 0 heterocycles. The van der Waals surface area contributed by atoms with Crippen LogP contribution >= 0.6 is 0 Å². The highest BCUT2D eigenvalue weighted by Gasteiger charge is 2.11. The van der Waals surface area contributed by atoms with Gasteiger partial charge in [0, 0.05) is 24.6 Å². The highest BCUT2D eigenvalue weighted by molar-refractivity contribution is 5.44. The highest BCUT2D eigenvalue weighted by atomic mass is 17.2. The van der Waals surface area contributed by atoms with Crippen molar-refractivity contribution in [1.82, 2.24) is 4.48 Å². The van der Waals surface area contributed by atoms with Gasteiger partial charge >= 0.3 is 0 Å². The summed E-state index contributed by atoms with van der Waals surface area (Å²) in [6.07, 6.45) is 7.09. The number of unbranched alkanes of at least 4 members (excludes halogenated alkanes) is 1. The minimum atomic E-state index is 0.717. The fourth-order valence-corrected chi connectivity index (χ4v) is 1.70. The Bertz CT molecular complexity index is 416. The smallest absolute Gasteiger partial charge is 0.179 e. The lowest BCUT2D eigenvalue weighted by atomic mass is 10.2. The summed E-state index contributed by atoms with van der Waals surface area (Å²) in [6.45, 7) is 4.24. The first-order valence-corrected chi connectivity index (χ1v) is 7.33. The van der Waals surface area contributed by atoms with Gasteiger partial charge in [-0.15, -0.1) is 0 Å². The Kier molecular flexibility index (Phi) is 6.59. The lowest BCUT2D eigenvalue weighted by molar-refractivity contribution is -0.170. The number of nitrogens with zero attached hydrogens (tertiary/aromatic N) is 1. The molecule has 0 aromatic heterocycles. The molecule has 3 nitrogen and oxygen atoms in total. The van der Waals surface area contributed by atoms with E-state index in [0.29, 0.717) is 5.75 Å². The van der Waals surface area contributed by atoms with E-state index < -0.39 is 0 Å². The molecule has 3 heteroatoms. The van der Waals surface area contributed by atoms with E-state index in [4.69, 9.17) is 9.78 Å². The van der Waals surface area contributed by atoms with Gasteiger partial charge in [0.25, 0.3) is 0 Å². The van der Waals surface area contributed by atoms with Gasteiger partial charge in [-0.3, -0.25) is 14.3 Å². The number of hydrogen-bond acceptors (Lipinski definition) is 2. The van der Waals surface area contributed by atoms with Gasteiger partial charge in [0.05, 0.1) is 21.1 Å². The Hall–Kier alpha value is -1.48. The van der Waals surface area contributed by atoms with E-state index in [-0.39, 0.29) is 0 Å². The van der Waals surface area contributed by atoms with Crippen molar-refractivity contribution in [3.8, 4) is 5.75 Å². The molecule has 20 heavy (non-hydrogen) atoms. The number of allylic oxidation sites excluding steroid dienone is 2. The van der Waals surface area contributed by atoms with E-state index in [2.05, 4.69) is 53.2 Å². The van der Waals surface area contributed by atoms with Crippen LogP contribution < -0.4 is 9.37 Å². The molecule has 0 amide bonds. The van der Waals surface area contributed by atoms with Gasteiger partial charge in [0.15, 0.2) is 11.5 Å². The molecule has 0 aliphatic heterocycles. The third-order valence-corrected chi connectivity index (χ3v) is 2.90. The number of hydrogen-bond donors (Lipinski definition) is 0. The second kappa shape index (κ2) is 7.95. The van der Waals surface area contributed by atoms with E-state index in [0.717, 1.165) is 35.9 Å². The molecule has 111 valence electrons. The monoisotopic (exact) mass is 277 g/mol. The number of quaternary nitrogens is 1. The van der Waals surface area contributed by atoms with Crippen LogP contribution in [-0.2, 0) is 4.89 Å². The fourth-order valence-electron chi connectivity index (χ4n) is 1.70. The van der Waals surface area contributed by atoms with E-state index >= 15 is 0 Å². The van der Waals surface area contributed by atoms with Crippen LogP contribution in [0.3, 0.4) is 0 Å². The maximum absolute atomic E-state index is 5.40. The topological polar surface area (TPSA) is 18.5 Å². The molecule has 0 unspecified atom stereocenters. The Labute approximate surface area is 123 Å². The molecular formula is C17H27NO2+. The van der Waals surface area contributed by atoms with Crippen molar-refractivity contribution in [2.45, 2.75) is 39.5 Å². The van der Waals surface area contributed by atoms with Crippen LogP contribution in [-0.4, -0.2) is 21.1 Å². The molecule has 1 aromatic rings. The summed E-state index contributed by atoms with van der Waals surface area (Å²) in [5.41, 5.74) is 1.22. The summed E-state index contributed by atoms with van der Waals surface area (Å²) < 4.78 is 0.784. The molecule has 0 spiro atoms. The minimum Gasteiger partial charge on any atom is -0.298 e. The highest BCUT2D eigenvalue weighted by Crippen LogP contribution is 2.22. The standard InChI is InChI=1S/C17H27NO2/c1-6-8-10-16(9-7-2)19-20-17-13-11-15(12-14-17)18(3,4)5/h11-14H,6-9H2,1-5H3/q+1. The summed E-state index contributed by atoms with van der Waals surface area (Å²) in [6, 6.07) is 7.97. The molecule has 0 aliphatic carbocycles. The summed E-state index contributed by atoms with van der Waals surface area (Å²) in [7, 11) is 6.40. The van der Waals surface area contributed by atoms with E-state index in [9.17, 15) is 0 Å². The zero-order valence-corrected chi connectivity index (χ0v) is 13.4. The van der Waals surface area contributed by atoms with E-state index in [1.807, 2.05) is 12.1 Å². The van der Waals surface area contributed by atoms with E-state index in [1.165, 1.54) is 5.69 Å². The Balaban J connectivity index is 2.60. The second-order valence-electron chi connectivity index (χ2n) is 5.77. The van der Waals surface area contributed by atoms with Gasteiger partial charge in [0.1, 0.15) is 5.69 Å². The average molecular weight is 277 g/mol.